The molecule has 0 aliphatic carbocycles. The fourth-order valence-corrected chi connectivity index (χ4v) is 4.17. The normalized spacial score (nSPS) is 11.7. The summed E-state index contributed by atoms with van der Waals surface area (Å²) in [6.45, 7) is 3.41. The summed E-state index contributed by atoms with van der Waals surface area (Å²) in [6.07, 6.45) is 0.943. The van der Waals surface area contributed by atoms with E-state index >= 15 is 0 Å². The van der Waals surface area contributed by atoms with Gasteiger partial charge in [-0.3, -0.25) is 0 Å². The Balaban J connectivity index is 1.71. The lowest BCUT2D eigenvalue weighted by Crippen LogP contribution is -2.11. The zero-order valence-electron chi connectivity index (χ0n) is 15.8. The molecule has 0 aliphatic heterocycles. The summed E-state index contributed by atoms with van der Waals surface area (Å²) < 4.78 is 36.2. The Morgan fingerprint density at radius 1 is 1.14 bits per heavy atom. The van der Waals surface area contributed by atoms with Crippen LogP contribution in [0.3, 0.4) is 0 Å². The number of nitrogens with two attached hydrogens (primary N) is 1. The molecule has 0 fully saturated rings. The molecule has 0 amide bonds. The van der Waals surface area contributed by atoms with Crippen LogP contribution in [0.4, 0.5) is 0 Å². The van der Waals surface area contributed by atoms with Gasteiger partial charge < -0.3 is 14.0 Å². The summed E-state index contributed by atoms with van der Waals surface area (Å²) in [5.74, 6) is 2.27. The van der Waals surface area contributed by atoms with E-state index in [4.69, 9.17) is 14.6 Å². The highest BCUT2D eigenvalue weighted by atomic mass is 32.2. The van der Waals surface area contributed by atoms with Gasteiger partial charge in [0.1, 0.15) is 11.5 Å². The number of ether oxygens (including phenoxy) is 2. The summed E-state index contributed by atoms with van der Waals surface area (Å²) in [7, 11) is -2.13. The molecule has 7 nitrogen and oxygen atoms in total. The minimum atomic E-state index is -3.75. The number of rotatable bonds is 9. The van der Waals surface area contributed by atoms with Gasteiger partial charge in [-0.25, -0.2) is 18.5 Å². The van der Waals surface area contributed by atoms with E-state index in [1.54, 1.807) is 24.9 Å². The third-order valence-corrected chi connectivity index (χ3v) is 5.95. The molecular weight excluding hydrogens is 398 g/mol. The van der Waals surface area contributed by atoms with Crippen molar-refractivity contribution in [2.45, 2.75) is 29.9 Å². The zero-order valence-corrected chi connectivity index (χ0v) is 17.4. The summed E-state index contributed by atoms with van der Waals surface area (Å²) in [5.41, 5.74) is 1.52. The molecule has 0 radical (unpaired) electrons. The maximum absolute atomic E-state index is 11.6. The Hall–Kier alpha value is -2.23. The standard InChI is InChI=1S/C19H23N3O4S2/c1-3-10-22-18-9-8-16(28(20,23)24)13-17(18)21-19(22)27-12-11-26-15-6-4-14(25-2)5-7-15/h4-9,13H,3,10-12H2,1-2H3,(H2,20,23,24). The number of aromatic nitrogens is 2. The van der Waals surface area contributed by atoms with E-state index in [1.165, 1.54) is 12.1 Å². The number of benzene rings is 2. The number of primary sulfonamides is 1. The van der Waals surface area contributed by atoms with Crippen LogP contribution in [0, 0.1) is 0 Å². The highest BCUT2D eigenvalue weighted by Crippen LogP contribution is 2.26. The van der Waals surface area contributed by atoms with Crippen LogP contribution in [0.5, 0.6) is 11.5 Å². The molecule has 1 aromatic heterocycles. The summed E-state index contributed by atoms with van der Waals surface area (Å²) in [5, 5.41) is 6.07. The maximum Gasteiger partial charge on any atom is 0.238 e. The van der Waals surface area contributed by atoms with Crippen LogP contribution in [-0.4, -0.2) is 37.4 Å². The van der Waals surface area contributed by atoms with Gasteiger partial charge in [0.05, 0.1) is 29.6 Å². The number of aryl methyl sites for hydroxylation is 1. The number of thioether (sulfide) groups is 1. The highest BCUT2D eigenvalue weighted by molar-refractivity contribution is 7.99. The van der Waals surface area contributed by atoms with E-state index < -0.39 is 10.0 Å². The number of imidazole rings is 1. The average molecular weight is 422 g/mol. The second-order valence-corrected chi connectivity index (χ2v) is 8.74. The van der Waals surface area contributed by atoms with Crippen LogP contribution < -0.4 is 14.6 Å². The molecule has 0 aliphatic rings. The Morgan fingerprint density at radius 3 is 2.50 bits per heavy atom. The van der Waals surface area contributed by atoms with Crippen LogP contribution >= 0.6 is 11.8 Å². The van der Waals surface area contributed by atoms with Crippen molar-refractivity contribution in [3.8, 4) is 11.5 Å². The number of hydrogen-bond acceptors (Lipinski definition) is 6. The molecule has 1 heterocycles. The van der Waals surface area contributed by atoms with Crippen molar-refractivity contribution in [3.63, 3.8) is 0 Å². The molecule has 3 aromatic rings. The van der Waals surface area contributed by atoms with Crippen molar-refractivity contribution in [2.75, 3.05) is 19.5 Å². The monoisotopic (exact) mass is 421 g/mol. The van der Waals surface area contributed by atoms with Crippen molar-refractivity contribution in [3.05, 3.63) is 42.5 Å². The van der Waals surface area contributed by atoms with E-state index in [0.717, 1.165) is 35.1 Å². The van der Waals surface area contributed by atoms with Gasteiger partial charge in [-0.15, -0.1) is 0 Å². The second kappa shape index (κ2) is 8.85. The van der Waals surface area contributed by atoms with Crippen LogP contribution in [-0.2, 0) is 16.6 Å². The van der Waals surface area contributed by atoms with Gasteiger partial charge in [-0.05, 0) is 48.9 Å². The highest BCUT2D eigenvalue weighted by Gasteiger charge is 2.15. The fraction of sp³-hybridized carbons (Fsp3) is 0.316. The number of methoxy groups -OCH3 is 1. The van der Waals surface area contributed by atoms with E-state index in [9.17, 15) is 8.42 Å². The lowest BCUT2D eigenvalue weighted by molar-refractivity contribution is 0.342. The molecule has 0 saturated carbocycles. The van der Waals surface area contributed by atoms with Gasteiger partial charge in [0.2, 0.25) is 10.0 Å². The van der Waals surface area contributed by atoms with E-state index in [-0.39, 0.29) is 4.90 Å². The van der Waals surface area contributed by atoms with Crippen LogP contribution in [0.1, 0.15) is 13.3 Å². The first kappa shape index (κ1) is 20.5. The molecule has 150 valence electrons. The minimum Gasteiger partial charge on any atom is -0.497 e. The molecule has 9 heteroatoms. The Bertz CT molecular complexity index is 1050. The smallest absolute Gasteiger partial charge is 0.238 e. The van der Waals surface area contributed by atoms with Gasteiger partial charge in [0.15, 0.2) is 5.16 Å². The summed E-state index contributed by atoms with van der Waals surface area (Å²) in [6, 6.07) is 12.2. The first-order chi connectivity index (χ1) is 13.4. The molecule has 3 rings (SSSR count). The first-order valence-corrected chi connectivity index (χ1v) is 11.4. The van der Waals surface area contributed by atoms with Gasteiger partial charge in [0, 0.05) is 12.3 Å². The molecule has 0 spiro atoms. The van der Waals surface area contributed by atoms with Gasteiger partial charge in [-0.1, -0.05) is 18.7 Å². The summed E-state index contributed by atoms with van der Waals surface area (Å²) >= 11 is 1.57. The Morgan fingerprint density at radius 2 is 1.86 bits per heavy atom. The third kappa shape index (κ3) is 4.78. The first-order valence-electron chi connectivity index (χ1n) is 8.85. The SMILES string of the molecule is CCCn1c(SCCOc2ccc(OC)cc2)nc2cc(S(N)(=O)=O)ccc21. The lowest BCUT2D eigenvalue weighted by atomic mass is 10.3. The molecule has 2 N–H and O–H groups in total. The lowest BCUT2D eigenvalue weighted by Gasteiger charge is -2.09. The van der Waals surface area contributed by atoms with Crippen molar-refractivity contribution in [1.29, 1.82) is 0 Å². The zero-order chi connectivity index (χ0) is 20.1. The molecule has 2 aromatic carbocycles. The van der Waals surface area contributed by atoms with Gasteiger partial charge in [-0.2, -0.15) is 0 Å². The van der Waals surface area contributed by atoms with Gasteiger partial charge in [0.25, 0.3) is 0 Å². The van der Waals surface area contributed by atoms with Crippen molar-refractivity contribution < 1.29 is 17.9 Å². The molecule has 0 saturated heterocycles. The van der Waals surface area contributed by atoms with Crippen LogP contribution in [0.15, 0.2) is 52.5 Å². The largest absolute Gasteiger partial charge is 0.497 e. The number of hydrogen-bond donors (Lipinski definition) is 1. The maximum atomic E-state index is 11.6. The van der Waals surface area contributed by atoms with E-state index in [2.05, 4.69) is 16.5 Å². The number of nitrogens with zero attached hydrogens (tertiary/aromatic N) is 2. The van der Waals surface area contributed by atoms with Crippen molar-refractivity contribution in [2.24, 2.45) is 5.14 Å². The van der Waals surface area contributed by atoms with Gasteiger partial charge >= 0.3 is 0 Å². The summed E-state index contributed by atoms with van der Waals surface area (Å²) in [4.78, 5) is 4.68. The molecule has 0 unspecified atom stereocenters. The van der Waals surface area contributed by atoms with E-state index in [1.807, 2.05) is 24.3 Å². The predicted octanol–water partition coefficient (Wildman–Crippen LogP) is 3.27. The number of fused-ring (bicyclic) bond motifs is 1. The van der Waals surface area contributed by atoms with Crippen LogP contribution in [0.2, 0.25) is 0 Å². The predicted molar refractivity (Wildman–Crippen MR) is 111 cm³/mol. The quantitative estimate of drug-likeness (QED) is 0.421. The molecule has 0 atom stereocenters. The van der Waals surface area contributed by atoms with Crippen molar-refractivity contribution >= 4 is 32.8 Å². The third-order valence-electron chi connectivity index (χ3n) is 4.10. The van der Waals surface area contributed by atoms with Crippen molar-refractivity contribution in [1.82, 2.24) is 9.55 Å². The Kier molecular flexibility index (Phi) is 6.48. The minimum absolute atomic E-state index is 0.0699. The molecular formula is C19H23N3O4S2. The second-order valence-electron chi connectivity index (χ2n) is 6.11. The Labute approximate surface area is 168 Å². The number of sulfonamides is 1. The van der Waals surface area contributed by atoms with Crippen LogP contribution in [0.25, 0.3) is 11.0 Å². The average Bonchev–Trinajstić information content (AvgIpc) is 3.02. The fourth-order valence-electron chi connectivity index (χ4n) is 2.78. The molecule has 28 heavy (non-hydrogen) atoms. The van der Waals surface area contributed by atoms with E-state index in [0.29, 0.717) is 17.9 Å². The topological polar surface area (TPSA) is 96.4 Å². The molecule has 0 bridgehead atoms.